The number of rotatable bonds is 5. The van der Waals surface area contributed by atoms with Crippen LogP contribution >= 0.6 is 11.8 Å². The number of Topliss-reactive ketones (excluding diaryl/α,β-unsaturated/α-hetero) is 1. The van der Waals surface area contributed by atoms with Crippen molar-refractivity contribution in [3.05, 3.63) is 30.1 Å². The van der Waals surface area contributed by atoms with Gasteiger partial charge >= 0.3 is 5.97 Å². The maximum atomic E-state index is 11.4. The zero-order valence-corrected chi connectivity index (χ0v) is 13.6. The van der Waals surface area contributed by atoms with Crippen molar-refractivity contribution in [2.75, 3.05) is 0 Å². The van der Waals surface area contributed by atoms with Gasteiger partial charge < -0.3 is 5.11 Å². The van der Waals surface area contributed by atoms with E-state index in [0.717, 1.165) is 10.5 Å². The van der Waals surface area contributed by atoms with Gasteiger partial charge in [-0.3, -0.25) is 9.59 Å². The number of carbonyl (C=O) groups excluding carboxylic acids is 1. The Labute approximate surface area is 132 Å². The molecule has 2 rings (SSSR count). The minimum absolute atomic E-state index is 0.142. The van der Waals surface area contributed by atoms with Gasteiger partial charge in [-0.05, 0) is 26.0 Å². The molecular formula is C15H17N3O3S. The van der Waals surface area contributed by atoms with Crippen molar-refractivity contribution in [3.63, 3.8) is 0 Å². The molecule has 0 aliphatic rings. The van der Waals surface area contributed by atoms with Gasteiger partial charge in [0, 0.05) is 24.4 Å². The number of thioether (sulfide) groups is 1. The van der Waals surface area contributed by atoms with E-state index in [-0.39, 0.29) is 5.78 Å². The highest BCUT2D eigenvalue weighted by atomic mass is 32.2. The van der Waals surface area contributed by atoms with Crippen LogP contribution in [0.4, 0.5) is 0 Å². The molecule has 0 bridgehead atoms. The summed E-state index contributed by atoms with van der Waals surface area (Å²) in [7, 11) is 1.67. The van der Waals surface area contributed by atoms with Gasteiger partial charge in [0.1, 0.15) is 4.75 Å². The number of aryl methyl sites for hydroxylation is 1. The summed E-state index contributed by atoms with van der Waals surface area (Å²) in [6.07, 6.45) is 0. The Morgan fingerprint density at radius 3 is 2.27 bits per heavy atom. The molecule has 22 heavy (non-hydrogen) atoms. The lowest BCUT2D eigenvalue weighted by Crippen LogP contribution is -2.26. The maximum Gasteiger partial charge on any atom is 0.319 e. The molecule has 0 saturated carbocycles. The maximum absolute atomic E-state index is 11.4. The molecule has 1 N–H and O–H groups in total. The topological polar surface area (TPSA) is 85.1 Å². The van der Waals surface area contributed by atoms with E-state index in [1.165, 1.54) is 23.4 Å². The van der Waals surface area contributed by atoms with Crippen LogP contribution in [0, 0.1) is 0 Å². The fourth-order valence-electron chi connectivity index (χ4n) is 1.82. The third-order valence-corrected chi connectivity index (χ3v) is 4.27. The van der Waals surface area contributed by atoms with E-state index in [1.807, 2.05) is 24.3 Å². The quantitative estimate of drug-likeness (QED) is 0.673. The lowest BCUT2D eigenvalue weighted by molar-refractivity contribution is -0.138. The van der Waals surface area contributed by atoms with E-state index < -0.39 is 10.7 Å². The predicted molar refractivity (Wildman–Crippen MR) is 84.0 cm³/mol. The molecule has 1 heterocycles. The molecule has 0 atom stereocenters. The van der Waals surface area contributed by atoms with E-state index in [2.05, 4.69) is 10.1 Å². The Bertz CT molecular complexity index is 720. The summed E-state index contributed by atoms with van der Waals surface area (Å²) in [5.74, 6) is -0.224. The minimum atomic E-state index is -0.896. The number of aromatic nitrogens is 3. The Hall–Kier alpha value is -2.15. The van der Waals surface area contributed by atoms with Crippen molar-refractivity contribution >= 4 is 23.5 Å². The number of benzene rings is 1. The first kappa shape index (κ1) is 16.2. The molecule has 1 aromatic heterocycles. The molecule has 116 valence electrons. The van der Waals surface area contributed by atoms with Gasteiger partial charge in [-0.25, -0.2) is 9.67 Å². The van der Waals surface area contributed by atoms with Crippen LogP contribution in [0.1, 0.15) is 31.4 Å². The summed E-state index contributed by atoms with van der Waals surface area (Å²) >= 11 is 1.27. The Morgan fingerprint density at radius 2 is 1.82 bits per heavy atom. The van der Waals surface area contributed by atoms with Crippen molar-refractivity contribution in [1.82, 2.24) is 14.8 Å². The summed E-state index contributed by atoms with van der Waals surface area (Å²) in [5.41, 5.74) is 0.778. The van der Waals surface area contributed by atoms with Crippen molar-refractivity contribution in [2.45, 2.75) is 30.4 Å². The molecule has 0 amide bonds. The molecule has 1 aromatic carbocycles. The number of hydrogen-bond acceptors (Lipinski definition) is 5. The van der Waals surface area contributed by atoms with E-state index >= 15 is 0 Å². The second kappa shape index (κ2) is 5.92. The first-order chi connectivity index (χ1) is 10.2. The molecule has 0 fully saturated rings. The fourth-order valence-corrected chi connectivity index (χ4v) is 2.77. The third kappa shape index (κ3) is 3.36. The molecule has 2 aromatic rings. The van der Waals surface area contributed by atoms with Crippen LogP contribution in [0.15, 0.2) is 29.2 Å². The second-order valence-corrected chi connectivity index (χ2v) is 7.08. The molecule has 0 radical (unpaired) electrons. The van der Waals surface area contributed by atoms with E-state index in [4.69, 9.17) is 5.11 Å². The SMILES string of the molecule is CC(=O)c1nc(-c2ccc(SC(C)(C)C(=O)O)cc2)nn1C. The first-order valence-electron chi connectivity index (χ1n) is 6.65. The van der Waals surface area contributed by atoms with E-state index in [0.29, 0.717) is 11.6 Å². The van der Waals surface area contributed by atoms with E-state index in [1.54, 1.807) is 20.9 Å². The Balaban J connectivity index is 2.24. The van der Waals surface area contributed by atoms with Crippen LogP contribution in [0.3, 0.4) is 0 Å². The zero-order chi connectivity index (χ0) is 16.5. The Kier molecular flexibility index (Phi) is 4.37. The van der Waals surface area contributed by atoms with Crippen molar-refractivity contribution in [3.8, 4) is 11.4 Å². The van der Waals surface area contributed by atoms with Crippen LogP contribution in [-0.4, -0.2) is 36.4 Å². The molecule has 0 saturated heterocycles. The van der Waals surface area contributed by atoms with Gasteiger partial charge in [0.15, 0.2) is 17.4 Å². The summed E-state index contributed by atoms with van der Waals surface area (Å²) in [4.78, 5) is 27.6. The van der Waals surface area contributed by atoms with E-state index in [9.17, 15) is 9.59 Å². The largest absolute Gasteiger partial charge is 0.480 e. The highest BCUT2D eigenvalue weighted by Crippen LogP contribution is 2.33. The van der Waals surface area contributed by atoms with Crippen LogP contribution in [0.25, 0.3) is 11.4 Å². The lowest BCUT2D eigenvalue weighted by Gasteiger charge is -2.18. The molecule has 0 unspecified atom stereocenters. The van der Waals surface area contributed by atoms with Crippen molar-refractivity contribution < 1.29 is 14.7 Å². The number of carboxylic acids is 1. The average Bonchev–Trinajstić information content (AvgIpc) is 2.81. The fraction of sp³-hybridized carbons (Fsp3) is 0.333. The summed E-state index contributed by atoms with van der Waals surface area (Å²) in [6, 6.07) is 7.29. The smallest absolute Gasteiger partial charge is 0.319 e. The van der Waals surface area contributed by atoms with Gasteiger partial charge in [0.05, 0.1) is 0 Å². The number of carbonyl (C=O) groups is 2. The monoisotopic (exact) mass is 319 g/mol. The number of aliphatic carboxylic acids is 1. The molecule has 7 heteroatoms. The van der Waals surface area contributed by atoms with Crippen LogP contribution in [0.2, 0.25) is 0 Å². The molecule has 6 nitrogen and oxygen atoms in total. The average molecular weight is 319 g/mol. The highest BCUT2D eigenvalue weighted by Gasteiger charge is 2.28. The van der Waals surface area contributed by atoms with Crippen LogP contribution in [-0.2, 0) is 11.8 Å². The lowest BCUT2D eigenvalue weighted by atomic mass is 10.2. The molecular weight excluding hydrogens is 302 g/mol. The third-order valence-electron chi connectivity index (χ3n) is 3.08. The molecule has 0 aliphatic heterocycles. The summed E-state index contributed by atoms with van der Waals surface area (Å²) in [5, 5.41) is 13.4. The van der Waals surface area contributed by atoms with Gasteiger partial charge in [-0.1, -0.05) is 12.1 Å². The minimum Gasteiger partial charge on any atom is -0.480 e. The van der Waals surface area contributed by atoms with Gasteiger partial charge in [0.25, 0.3) is 0 Å². The normalized spacial score (nSPS) is 11.5. The number of nitrogens with zero attached hydrogens (tertiary/aromatic N) is 3. The van der Waals surface area contributed by atoms with Crippen LogP contribution in [0.5, 0.6) is 0 Å². The summed E-state index contributed by atoms with van der Waals surface area (Å²) in [6.45, 7) is 4.77. The highest BCUT2D eigenvalue weighted by molar-refractivity contribution is 8.01. The van der Waals surface area contributed by atoms with Gasteiger partial charge in [-0.2, -0.15) is 5.10 Å². The Morgan fingerprint density at radius 1 is 1.23 bits per heavy atom. The summed E-state index contributed by atoms with van der Waals surface area (Å²) < 4.78 is 0.556. The van der Waals surface area contributed by atoms with Gasteiger partial charge in [-0.15, -0.1) is 11.8 Å². The van der Waals surface area contributed by atoms with Crippen molar-refractivity contribution in [2.24, 2.45) is 7.05 Å². The standard InChI is InChI=1S/C15H17N3O3S/c1-9(19)13-16-12(17-18(13)4)10-5-7-11(8-6-10)22-15(2,3)14(20)21/h5-8H,1-4H3,(H,20,21). The molecule has 0 aliphatic carbocycles. The number of hydrogen-bond donors (Lipinski definition) is 1. The molecule has 0 spiro atoms. The second-order valence-electron chi connectivity index (χ2n) is 5.38. The zero-order valence-electron chi connectivity index (χ0n) is 12.8. The predicted octanol–water partition coefficient (Wildman–Crippen LogP) is 2.64. The van der Waals surface area contributed by atoms with Crippen LogP contribution < -0.4 is 0 Å². The van der Waals surface area contributed by atoms with Gasteiger partial charge in [0.2, 0.25) is 0 Å². The number of ketones is 1. The van der Waals surface area contributed by atoms with Crippen molar-refractivity contribution in [1.29, 1.82) is 0 Å². The number of carboxylic acid groups (broad SMARTS) is 1. The first-order valence-corrected chi connectivity index (χ1v) is 7.47.